The monoisotopic (exact) mass is 503 g/mol. The van der Waals surface area contributed by atoms with E-state index in [0.717, 1.165) is 71.0 Å². The molecule has 2 aromatic carbocycles. The van der Waals surface area contributed by atoms with Crippen LogP contribution < -0.4 is 10.6 Å². The summed E-state index contributed by atoms with van der Waals surface area (Å²) in [6, 6.07) is 16.4. The fourth-order valence-corrected chi connectivity index (χ4v) is 5.79. The van der Waals surface area contributed by atoms with Crippen molar-refractivity contribution >= 4 is 40.1 Å². The zero-order chi connectivity index (χ0) is 24.8. The van der Waals surface area contributed by atoms with Crippen molar-refractivity contribution in [3.05, 3.63) is 82.3 Å². The molecular weight excluding hydrogens is 470 g/mol. The van der Waals surface area contributed by atoms with E-state index in [0.29, 0.717) is 17.5 Å². The van der Waals surface area contributed by atoms with Gasteiger partial charge in [-0.3, -0.25) is 4.79 Å². The maximum absolute atomic E-state index is 13.1. The lowest BCUT2D eigenvalue weighted by atomic mass is 9.82. The van der Waals surface area contributed by atoms with Crippen LogP contribution in [0.2, 0.25) is 0 Å². The summed E-state index contributed by atoms with van der Waals surface area (Å²) >= 11 is 7.18. The first-order chi connectivity index (χ1) is 16.9. The molecule has 0 unspecified atom stereocenters. The number of benzene rings is 2. The maximum Gasteiger partial charge on any atom is 0.275 e. The van der Waals surface area contributed by atoms with Crippen LogP contribution in [0.4, 0.5) is 5.69 Å². The predicted molar refractivity (Wildman–Crippen MR) is 151 cm³/mol. The standard InChI is InChI=1S/C29H33N3OS2/c1-4-20-9-11-21(12-10-20)24-7-5-6-8-25(24)31-27(33)26-18-35-29(32-26)23-15-13-22(14-16-23)28(34)30-17-19(2)3/h5-12,18,22-23H,2,4,13-17H2,1,3H3,(H,30,34)(H,31,33). The number of hydrogen-bond donors (Lipinski definition) is 2. The number of hydrogen-bond acceptors (Lipinski definition) is 4. The van der Waals surface area contributed by atoms with Crippen molar-refractivity contribution in [2.24, 2.45) is 5.92 Å². The van der Waals surface area contributed by atoms with E-state index in [2.05, 4.69) is 48.4 Å². The molecule has 4 nitrogen and oxygen atoms in total. The fraction of sp³-hybridized carbons (Fsp3) is 0.345. The Morgan fingerprint density at radius 2 is 1.83 bits per heavy atom. The fourth-order valence-electron chi connectivity index (χ4n) is 4.51. The molecule has 35 heavy (non-hydrogen) atoms. The minimum Gasteiger partial charge on any atom is -0.376 e. The number of carbonyl (C=O) groups is 1. The summed E-state index contributed by atoms with van der Waals surface area (Å²) in [5.41, 5.74) is 5.77. The Morgan fingerprint density at radius 3 is 2.51 bits per heavy atom. The van der Waals surface area contributed by atoms with E-state index < -0.39 is 0 Å². The molecule has 6 heteroatoms. The molecule has 1 heterocycles. The first kappa shape index (κ1) is 25.3. The number of amides is 1. The number of aryl methyl sites for hydroxylation is 1. The second kappa shape index (κ2) is 11.7. The molecule has 1 aromatic heterocycles. The smallest absolute Gasteiger partial charge is 0.275 e. The number of aromatic nitrogens is 1. The number of thiazole rings is 1. The number of thiocarbonyl (C=S) groups is 1. The molecule has 1 fully saturated rings. The lowest BCUT2D eigenvalue weighted by molar-refractivity contribution is 0.102. The van der Waals surface area contributed by atoms with E-state index in [1.54, 1.807) is 11.3 Å². The van der Waals surface area contributed by atoms with E-state index in [9.17, 15) is 4.79 Å². The van der Waals surface area contributed by atoms with Crippen LogP contribution >= 0.6 is 23.6 Å². The zero-order valence-corrected chi connectivity index (χ0v) is 22.1. The van der Waals surface area contributed by atoms with Crippen molar-refractivity contribution in [3.8, 4) is 11.1 Å². The highest BCUT2D eigenvalue weighted by molar-refractivity contribution is 7.80. The molecule has 0 saturated heterocycles. The lowest BCUT2D eigenvalue weighted by Crippen LogP contribution is -2.32. The Balaban J connectivity index is 1.38. The Labute approximate surface area is 217 Å². The summed E-state index contributed by atoms with van der Waals surface area (Å²) < 4.78 is 0. The molecule has 0 radical (unpaired) electrons. The van der Waals surface area contributed by atoms with E-state index in [1.807, 2.05) is 36.6 Å². The Morgan fingerprint density at radius 1 is 1.11 bits per heavy atom. The molecule has 4 rings (SSSR count). The van der Waals surface area contributed by atoms with Crippen LogP contribution in [-0.2, 0) is 6.42 Å². The highest BCUT2D eigenvalue weighted by atomic mass is 32.1. The van der Waals surface area contributed by atoms with Gasteiger partial charge in [0.05, 0.1) is 10.00 Å². The first-order valence-corrected chi connectivity index (χ1v) is 13.6. The average Bonchev–Trinajstić information content (AvgIpc) is 3.38. The van der Waals surface area contributed by atoms with Gasteiger partial charge in [-0.25, -0.2) is 4.98 Å². The number of carbonyl (C=O) groups excluding carboxylic acids is 1. The van der Waals surface area contributed by atoms with Crippen molar-refractivity contribution in [3.63, 3.8) is 0 Å². The third-order valence-corrected chi connectivity index (χ3v) is 8.10. The van der Waals surface area contributed by atoms with E-state index in [1.165, 1.54) is 5.56 Å². The molecule has 0 bridgehead atoms. The van der Waals surface area contributed by atoms with Gasteiger partial charge in [0.2, 0.25) is 0 Å². The SMILES string of the molecule is C=C(C)CNC(=S)C1CCC(c2nc(C(=O)Nc3ccccc3-c3ccc(CC)cc3)cs2)CC1. The largest absolute Gasteiger partial charge is 0.376 e. The van der Waals surface area contributed by atoms with Gasteiger partial charge in [0, 0.05) is 35.0 Å². The summed E-state index contributed by atoms with van der Waals surface area (Å²) in [4.78, 5) is 18.7. The van der Waals surface area contributed by atoms with Crippen LogP contribution in [0.15, 0.2) is 66.1 Å². The van der Waals surface area contributed by atoms with E-state index >= 15 is 0 Å². The molecule has 1 amide bonds. The van der Waals surface area contributed by atoms with Gasteiger partial charge in [-0.15, -0.1) is 11.3 Å². The van der Waals surface area contributed by atoms with Crippen molar-refractivity contribution in [1.29, 1.82) is 0 Å². The molecule has 0 spiro atoms. The minimum absolute atomic E-state index is 0.163. The molecule has 2 N–H and O–H groups in total. The highest BCUT2D eigenvalue weighted by Gasteiger charge is 2.27. The molecule has 0 aliphatic heterocycles. The minimum atomic E-state index is -0.163. The van der Waals surface area contributed by atoms with Gasteiger partial charge in [0.15, 0.2) is 0 Å². The van der Waals surface area contributed by atoms with Crippen LogP contribution in [-0.4, -0.2) is 22.4 Å². The average molecular weight is 504 g/mol. The lowest BCUT2D eigenvalue weighted by Gasteiger charge is -2.28. The predicted octanol–water partition coefficient (Wildman–Crippen LogP) is 7.39. The van der Waals surface area contributed by atoms with Gasteiger partial charge >= 0.3 is 0 Å². The van der Waals surface area contributed by atoms with Crippen molar-refractivity contribution in [1.82, 2.24) is 10.3 Å². The first-order valence-electron chi connectivity index (χ1n) is 12.3. The Bertz CT molecular complexity index is 1190. The summed E-state index contributed by atoms with van der Waals surface area (Å²) in [5, 5.41) is 9.36. The van der Waals surface area contributed by atoms with Crippen LogP contribution in [0.3, 0.4) is 0 Å². The molecule has 1 saturated carbocycles. The summed E-state index contributed by atoms with van der Waals surface area (Å²) in [7, 11) is 0. The molecule has 182 valence electrons. The summed E-state index contributed by atoms with van der Waals surface area (Å²) in [6.45, 7) is 8.83. The van der Waals surface area contributed by atoms with Gasteiger partial charge in [-0.2, -0.15) is 0 Å². The second-order valence-electron chi connectivity index (χ2n) is 9.34. The molecular formula is C29H33N3OS2. The van der Waals surface area contributed by atoms with Gasteiger partial charge < -0.3 is 10.6 Å². The van der Waals surface area contributed by atoms with E-state index in [4.69, 9.17) is 17.2 Å². The third kappa shape index (κ3) is 6.44. The highest BCUT2D eigenvalue weighted by Crippen LogP contribution is 2.37. The summed E-state index contributed by atoms with van der Waals surface area (Å²) in [6.07, 6.45) is 5.20. The van der Waals surface area contributed by atoms with Gasteiger partial charge in [0.25, 0.3) is 5.91 Å². The van der Waals surface area contributed by atoms with Crippen molar-refractivity contribution in [2.75, 3.05) is 11.9 Å². The zero-order valence-electron chi connectivity index (χ0n) is 20.5. The number of nitrogens with zero attached hydrogens (tertiary/aromatic N) is 1. The summed E-state index contributed by atoms with van der Waals surface area (Å²) in [5.74, 6) is 0.654. The van der Waals surface area contributed by atoms with Crippen LogP contribution in [0.1, 0.15) is 66.5 Å². The maximum atomic E-state index is 13.1. The van der Waals surface area contributed by atoms with Gasteiger partial charge in [-0.05, 0) is 56.2 Å². The van der Waals surface area contributed by atoms with Crippen molar-refractivity contribution < 1.29 is 4.79 Å². The number of nitrogens with one attached hydrogen (secondary N) is 2. The Kier molecular flexibility index (Phi) is 8.47. The quantitative estimate of drug-likeness (QED) is 0.248. The third-order valence-electron chi connectivity index (χ3n) is 6.61. The molecule has 1 aliphatic rings. The van der Waals surface area contributed by atoms with Crippen LogP contribution in [0.5, 0.6) is 0 Å². The molecule has 0 atom stereocenters. The number of para-hydroxylation sites is 1. The van der Waals surface area contributed by atoms with Gasteiger partial charge in [0.1, 0.15) is 5.69 Å². The topological polar surface area (TPSA) is 54.0 Å². The molecule has 1 aliphatic carbocycles. The normalized spacial score (nSPS) is 17.5. The van der Waals surface area contributed by atoms with Crippen molar-refractivity contribution in [2.45, 2.75) is 51.9 Å². The Hall–Kier alpha value is -2.83. The number of rotatable bonds is 8. The number of anilines is 1. The van der Waals surface area contributed by atoms with E-state index in [-0.39, 0.29) is 5.91 Å². The van der Waals surface area contributed by atoms with Gasteiger partial charge in [-0.1, -0.05) is 73.8 Å². The van der Waals surface area contributed by atoms with Crippen LogP contribution in [0, 0.1) is 5.92 Å². The molecule has 3 aromatic rings. The second-order valence-corrected chi connectivity index (χ2v) is 10.7. The van der Waals surface area contributed by atoms with Crippen LogP contribution in [0.25, 0.3) is 11.1 Å².